The summed E-state index contributed by atoms with van der Waals surface area (Å²) in [5.74, 6) is -7.22. The Morgan fingerprint density at radius 3 is 2.38 bits per heavy atom. The van der Waals surface area contributed by atoms with E-state index in [1.54, 1.807) is 19.2 Å². The van der Waals surface area contributed by atoms with Crippen molar-refractivity contribution in [1.29, 1.82) is 0 Å². The minimum Gasteiger partial charge on any atom is -0.321 e. The molecule has 1 amide bonds. The van der Waals surface area contributed by atoms with Crippen LogP contribution in [0.25, 0.3) is 0 Å². The van der Waals surface area contributed by atoms with Gasteiger partial charge in [-0.1, -0.05) is 0 Å². The quantitative estimate of drug-likeness (QED) is 0.697. The summed E-state index contributed by atoms with van der Waals surface area (Å²) >= 11 is 0. The highest BCUT2D eigenvalue weighted by Crippen LogP contribution is 2.24. The van der Waals surface area contributed by atoms with Gasteiger partial charge in [0.1, 0.15) is 5.69 Å². The Morgan fingerprint density at radius 2 is 1.86 bits per heavy atom. The number of nitrogens with one attached hydrogen (secondary N) is 1. The van der Waals surface area contributed by atoms with Gasteiger partial charge in [-0.25, -0.2) is 17.6 Å². The molecule has 0 unspecified atom stereocenters. The highest BCUT2D eigenvalue weighted by molar-refractivity contribution is 5.90. The fourth-order valence-electron chi connectivity index (χ4n) is 1.69. The summed E-state index contributed by atoms with van der Waals surface area (Å²) in [6.45, 7) is 1.93. The van der Waals surface area contributed by atoms with Gasteiger partial charge < -0.3 is 5.32 Å². The van der Waals surface area contributed by atoms with Crippen LogP contribution in [0, 0.1) is 30.2 Å². The van der Waals surface area contributed by atoms with E-state index >= 15 is 0 Å². The third kappa shape index (κ3) is 3.39. The summed E-state index contributed by atoms with van der Waals surface area (Å²) < 4.78 is 54.1. The zero-order valence-electron chi connectivity index (χ0n) is 11.0. The lowest BCUT2D eigenvalue weighted by Crippen LogP contribution is -2.17. The van der Waals surface area contributed by atoms with Crippen molar-refractivity contribution in [3.63, 3.8) is 0 Å². The number of amides is 1. The Balaban J connectivity index is 2.06. The molecule has 1 aromatic carbocycles. The molecule has 4 nitrogen and oxygen atoms in total. The van der Waals surface area contributed by atoms with Gasteiger partial charge in [0.15, 0.2) is 23.3 Å². The predicted octanol–water partition coefficient (Wildman–Crippen LogP) is 2.78. The number of carbonyl (C=O) groups excluding carboxylic acids is 1. The first-order valence-corrected chi connectivity index (χ1v) is 6.01. The standard InChI is InChI=1S/C13H11F4N3O/c1-7-2-4-20(19-7)5-3-10(21)18-13-11(16)8(14)6-9(15)12(13)17/h2,4,6H,3,5H2,1H3,(H,18,21). The summed E-state index contributed by atoms with van der Waals surface area (Å²) in [6.07, 6.45) is 1.48. The van der Waals surface area contributed by atoms with E-state index in [1.165, 1.54) is 4.68 Å². The van der Waals surface area contributed by atoms with Gasteiger partial charge in [-0.2, -0.15) is 5.10 Å². The first-order valence-electron chi connectivity index (χ1n) is 6.01. The molecule has 0 radical (unpaired) electrons. The smallest absolute Gasteiger partial charge is 0.226 e. The first-order chi connectivity index (χ1) is 9.88. The number of carbonyl (C=O) groups is 1. The van der Waals surface area contributed by atoms with E-state index in [0.29, 0.717) is 0 Å². The molecular formula is C13H11F4N3O. The molecule has 0 fully saturated rings. The summed E-state index contributed by atoms with van der Waals surface area (Å²) in [6, 6.07) is 1.80. The molecule has 1 heterocycles. The van der Waals surface area contributed by atoms with Gasteiger partial charge in [0.2, 0.25) is 5.91 Å². The minimum absolute atomic E-state index is 0.0762. The number of aryl methyl sites for hydroxylation is 2. The van der Waals surface area contributed by atoms with Gasteiger partial charge >= 0.3 is 0 Å². The van der Waals surface area contributed by atoms with Gasteiger partial charge in [-0.05, 0) is 13.0 Å². The van der Waals surface area contributed by atoms with Crippen LogP contribution in [0.3, 0.4) is 0 Å². The van der Waals surface area contributed by atoms with Gasteiger partial charge in [0, 0.05) is 25.2 Å². The van der Waals surface area contributed by atoms with Crippen LogP contribution < -0.4 is 5.32 Å². The van der Waals surface area contributed by atoms with E-state index in [-0.39, 0.29) is 19.0 Å². The number of hydrogen-bond acceptors (Lipinski definition) is 2. The van der Waals surface area contributed by atoms with Crippen LogP contribution in [0.2, 0.25) is 0 Å². The van der Waals surface area contributed by atoms with Gasteiger partial charge in [0.05, 0.1) is 5.69 Å². The summed E-state index contributed by atoms with van der Waals surface area (Å²) in [4.78, 5) is 11.6. The molecule has 2 aromatic rings. The summed E-state index contributed by atoms with van der Waals surface area (Å²) in [5, 5.41) is 5.85. The van der Waals surface area contributed by atoms with Crippen molar-refractivity contribution in [2.45, 2.75) is 19.9 Å². The van der Waals surface area contributed by atoms with Crippen LogP contribution in [-0.4, -0.2) is 15.7 Å². The Bertz CT molecular complexity index is 658. The monoisotopic (exact) mass is 301 g/mol. The van der Waals surface area contributed by atoms with Crippen LogP contribution in [0.15, 0.2) is 18.3 Å². The van der Waals surface area contributed by atoms with E-state index in [1.807, 2.05) is 5.32 Å². The maximum absolute atomic E-state index is 13.4. The third-order valence-corrected chi connectivity index (χ3v) is 2.72. The predicted molar refractivity (Wildman–Crippen MR) is 66.5 cm³/mol. The number of hydrogen-bond donors (Lipinski definition) is 1. The number of anilines is 1. The molecule has 0 aliphatic heterocycles. The largest absolute Gasteiger partial charge is 0.321 e. The van der Waals surface area contributed by atoms with Crippen LogP contribution in [0.4, 0.5) is 23.2 Å². The Morgan fingerprint density at radius 1 is 1.24 bits per heavy atom. The van der Waals surface area contributed by atoms with Crippen molar-refractivity contribution < 1.29 is 22.4 Å². The van der Waals surface area contributed by atoms with Crippen LogP contribution in [0.5, 0.6) is 0 Å². The molecule has 0 spiro atoms. The van der Waals surface area contributed by atoms with Crippen molar-refractivity contribution in [1.82, 2.24) is 9.78 Å². The molecule has 8 heteroatoms. The van der Waals surface area contributed by atoms with E-state index in [9.17, 15) is 22.4 Å². The van der Waals surface area contributed by atoms with Crippen molar-refractivity contribution in [3.05, 3.63) is 47.3 Å². The number of aromatic nitrogens is 2. The molecule has 0 aliphatic rings. The Labute approximate surface area is 117 Å². The minimum atomic E-state index is -1.64. The molecule has 0 saturated heterocycles. The van der Waals surface area contributed by atoms with Crippen molar-refractivity contribution in [2.75, 3.05) is 5.32 Å². The maximum Gasteiger partial charge on any atom is 0.226 e. The molecular weight excluding hydrogens is 290 g/mol. The van der Waals surface area contributed by atoms with E-state index < -0.39 is 34.9 Å². The van der Waals surface area contributed by atoms with E-state index in [4.69, 9.17) is 0 Å². The molecule has 112 valence electrons. The third-order valence-electron chi connectivity index (χ3n) is 2.72. The lowest BCUT2D eigenvalue weighted by atomic mass is 10.2. The SMILES string of the molecule is Cc1ccn(CCC(=O)Nc2c(F)c(F)cc(F)c2F)n1. The van der Waals surface area contributed by atoms with E-state index in [0.717, 1.165) is 5.69 Å². The fraction of sp³-hybridized carbons (Fsp3) is 0.231. The van der Waals surface area contributed by atoms with Crippen LogP contribution >= 0.6 is 0 Å². The molecule has 1 aromatic heterocycles. The summed E-state index contributed by atoms with van der Waals surface area (Å²) in [5.41, 5.74) is -0.381. The number of nitrogens with zero attached hydrogens (tertiary/aromatic N) is 2. The maximum atomic E-state index is 13.4. The molecule has 21 heavy (non-hydrogen) atoms. The number of halogens is 4. The lowest BCUT2D eigenvalue weighted by Gasteiger charge is -2.09. The average Bonchev–Trinajstić information content (AvgIpc) is 2.85. The first kappa shape index (κ1) is 15.0. The molecule has 0 saturated carbocycles. The summed E-state index contributed by atoms with van der Waals surface area (Å²) in [7, 11) is 0. The van der Waals surface area contributed by atoms with Gasteiger partial charge in [-0.3, -0.25) is 9.48 Å². The zero-order valence-corrected chi connectivity index (χ0v) is 11.0. The number of benzene rings is 1. The second kappa shape index (κ2) is 5.94. The van der Waals surface area contributed by atoms with Gasteiger partial charge in [-0.15, -0.1) is 0 Å². The van der Waals surface area contributed by atoms with E-state index in [2.05, 4.69) is 5.10 Å². The molecule has 1 N–H and O–H groups in total. The Hall–Kier alpha value is -2.38. The molecule has 0 aliphatic carbocycles. The van der Waals surface area contributed by atoms with Crippen molar-refractivity contribution >= 4 is 11.6 Å². The average molecular weight is 301 g/mol. The van der Waals surface area contributed by atoms with Crippen LogP contribution in [0.1, 0.15) is 12.1 Å². The highest BCUT2D eigenvalue weighted by Gasteiger charge is 2.20. The molecule has 0 atom stereocenters. The molecule has 0 bridgehead atoms. The second-order valence-electron chi connectivity index (χ2n) is 4.36. The second-order valence-corrected chi connectivity index (χ2v) is 4.36. The number of rotatable bonds is 4. The van der Waals surface area contributed by atoms with Crippen molar-refractivity contribution in [2.24, 2.45) is 0 Å². The zero-order chi connectivity index (χ0) is 15.6. The fourth-order valence-corrected chi connectivity index (χ4v) is 1.69. The van der Waals surface area contributed by atoms with Crippen LogP contribution in [-0.2, 0) is 11.3 Å². The molecule has 2 rings (SSSR count). The van der Waals surface area contributed by atoms with Gasteiger partial charge in [0.25, 0.3) is 0 Å². The Kier molecular flexibility index (Phi) is 4.25. The topological polar surface area (TPSA) is 46.9 Å². The highest BCUT2D eigenvalue weighted by atomic mass is 19.2. The van der Waals surface area contributed by atoms with Crippen molar-refractivity contribution in [3.8, 4) is 0 Å². The lowest BCUT2D eigenvalue weighted by molar-refractivity contribution is -0.116. The normalized spacial score (nSPS) is 10.7.